The van der Waals surface area contributed by atoms with E-state index >= 15 is 0 Å². The van der Waals surface area contributed by atoms with E-state index in [1.807, 2.05) is 18.2 Å². The Kier molecular flexibility index (Phi) is 3.08. The summed E-state index contributed by atoms with van der Waals surface area (Å²) in [5.41, 5.74) is 0.394. The number of aromatic nitrogens is 1. The molecule has 0 spiro atoms. The summed E-state index contributed by atoms with van der Waals surface area (Å²) in [4.78, 5) is 5.03. The van der Waals surface area contributed by atoms with Crippen molar-refractivity contribution in [1.29, 1.82) is 5.26 Å². The average molecular weight is 228 g/mol. The summed E-state index contributed by atoms with van der Waals surface area (Å²) in [6.45, 7) is 0. The first kappa shape index (κ1) is 10.5. The van der Waals surface area contributed by atoms with Gasteiger partial charge in [0, 0.05) is 4.90 Å². The lowest BCUT2D eigenvalue weighted by Crippen LogP contribution is -1.84. The molecule has 4 heteroatoms. The van der Waals surface area contributed by atoms with Crippen molar-refractivity contribution in [2.75, 3.05) is 0 Å². The molecule has 78 valence electrons. The molecule has 0 fully saturated rings. The van der Waals surface area contributed by atoms with Gasteiger partial charge in [0.2, 0.25) is 0 Å². The van der Waals surface area contributed by atoms with Crippen LogP contribution in [0.1, 0.15) is 5.69 Å². The van der Waals surface area contributed by atoms with Crippen LogP contribution in [-0.4, -0.2) is 10.1 Å². The number of nitriles is 1. The molecule has 1 heterocycles. The summed E-state index contributed by atoms with van der Waals surface area (Å²) < 4.78 is 0. The van der Waals surface area contributed by atoms with Crippen molar-refractivity contribution < 1.29 is 5.11 Å². The standard InChI is InChI=1S/C12H8N2OS/c13-8-9-3-1-6-12(14-9)16-11-5-2-4-10(15)7-11/h1-7,15H. The van der Waals surface area contributed by atoms with Gasteiger partial charge in [0.1, 0.15) is 22.5 Å². The second kappa shape index (κ2) is 4.69. The van der Waals surface area contributed by atoms with E-state index < -0.39 is 0 Å². The van der Waals surface area contributed by atoms with E-state index in [0.717, 1.165) is 9.92 Å². The molecule has 1 aromatic carbocycles. The molecule has 0 saturated heterocycles. The largest absolute Gasteiger partial charge is 0.508 e. The van der Waals surface area contributed by atoms with Crippen LogP contribution in [-0.2, 0) is 0 Å². The monoisotopic (exact) mass is 228 g/mol. The van der Waals surface area contributed by atoms with Crippen molar-refractivity contribution >= 4 is 11.8 Å². The Bertz CT molecular complexity index is 549. The minimum Gasteiger partial charge on any atom is -0.508 e. The first-order valence-electron chi connectivity index (χ1n) is 4.62. The first-order valence-corrected chi connectivity index (χ1v) is 5.43. The molecule has 0 radical (unpaired) electrons. The lowest BCUT2D eigenvalue weighted by atomic mass is 10.3. The summed E-state index contributed by atoms with van der Waals surface area (Å²) in [7, 11) is 0. The number of hydrogen-bond donors (Lipinski definition) is 1. The predicted octanol–water partition coefficient (Wildman–Crippen LogP) is 2.81. The Balaban J connectivity index is 2.24. The zero-order valence-corrected chi connectivity index (χ0v) is 9.11. The molecule has 0 amide bonds. The molecular formula is C12H8N2OS. The Labute approximate surface area is 97.4 Å². The highest BCUT2D eigenvalue weighted by Gasteiger charge is 2.00. The summed E-state index contributed by atoms with van der Waals surface area (Å²) in [5.74, 6) is 0.224. The highest BCUT2D eigenvalue weighted by molar-refractivity contribution is 7.99. The number of pyridine rings is 1. The Hall–Kier alpha value is -1.99. The molecule has 3 nitrogen and oxygen atoms in total. The van der Waals surface area contributed by atoms with Crippen LogP contribution in [0.15, 0.2) is 52.4 Å². The van der Waals surface area contributed by atoms with Crippen LogP contribution in [0.25, 0.3) is 0 Å². The number of nitrogens with zero attached hydrogens (tertiary/aromatic N) is 2. The maximum absolute atomic E-state index is 9.31. The number of benzene rings is 1. The van der Waals surface area contributed by atoms with Gasteiger partial charge < -0.3 is 5.11 Å². The van der Waals surface area contributed by atoms with Crippen LogP contribution in [0.3, 0.4) is 0 Å². The van der Waals surface area contributed by atoms with E-state index in [1.54, 1.807) is 30.3 Å². The van der Waals surface area contributed by atoms with Gasteiger partial charge in [0.25, 0.3) is 0 Å². The van der Waals surface area contributed by atoms with Crippen molar-refractivity contribution in [2.24, 2.45) is 0 Å². The molecule has 0 aliphatic rings. The minimum atomic E-state index is 0.224. The summed E-state index contributed by atoms with van der Waals surface area (Å²) in [6.07, 6.45) is 0. The fraction of sp³-hybridized carbons (Fsp3) is 0. The van der Waals surface area contributed by atoms with E-state index in [2.05, 4.69) is 4.98 Å². The molecule has 0 aliphatic carbocycles. The Morgan fingerprint density at radius 1 is 1.19 bits per heavy atom. The van der Waals surface area contributed by atoms with Gasteiger partial charge in [-0.1, -0.05) is 23.9 Å². The Morgan fingerprint density at radius 2 is 2.00 bits per heavy atom. The third-order valence-electron chi connectivity index (χ3n) is 1.88. The molecular weight excluding hydrogens is 220 g/mol. The fourth-order valence-corrected chi connectivity index (χ4v) is 2.06. The molecule has 0 saturated carbocycles. The molecule has 1 aromatic heterocycles. The predicted molar refractivity (Wildman–Crippen MR) is 61.2 cm³/mol. The molecule has 0 atom stereocenters. The lowest BCUT2D eigenvalue weighted by molar-refractivity contribution is 0.474. The van der Waals surface area contributed by atoms with Gasteiger partial charge in [-0.05, 0) is 30.3 Å². The van der Waals surface area contributed by atoms with Crippen LogP contribution in [0.4, 0.5) is 0 Å². The lowest BCUT2D eigenvalue weighted by Gasteiger charge is -2.01. The van der Waals surface area contributed by atoms with Gasteiger partial charge in [-0.3, -0.25) is 0 Å². The van der Waals surface area contributed by atoms with Gasteiger partial charge >= 0.3 is 0 Å². The van der Waals surface area contributed by atoms with E-state index in [0.29, 0.717) is 5.69 Å². The highest BCUT2D eigenvalue weighted by Crippen LogP contribution is 2.28. The van der Waals surface area contributed by atoms with Gasteiger partial charge in [-0.2, -0.15) is 5.26 Å². The van der Waals surface area contributed by atoms with Crippen molar-refractivity contribution in [2.45, 2.75) is 9.92 Å². The van der Waals surface area contributed by atoms with Crippen molar-refractivity contribution in [3.05, 3.63) is 48.2 Å². The van der Waals surface area contributed by atoms with E-state index in [-0.39, 0.29) is 5.75 Å². The first-order chi connectivity index (χ1) is 7.78. The minimum absolute atomic E-state index is 0.224. The molecule has 0 bridgehead atoms. The van der Waals surface area contributed by atoms with E-state index in [4.69, 9.17) is 5.26 Å². The molecule has 0 aliphatic heterocycles. The molecule has 16 heavy (non-hydrogen) atoms. The van der Waals surface area contributed by atoms with Crippen LogP contribution < -0.4 is 0 Å². The third-order valence-corrected chi connectivity index (χ3v) is 2.80. The van der Waals surface area contributed by atoms with Gasteiger partial charge in [-0.25, -0.2) is 4.98 Å². The SMILES string of the molecule is N#Cc1cccc(Sc2cccc(O)c2)n1. The molecule has 2 aromatic rings. The molecule has 0 unspecified atom stereocenters. The molecule has 1 N–H and O–H groups in total. The van der Waals surface area contributed by atoms with Crippen molar-refractivity contribution in [1.82, 2.24) is 4.98 Å². The van der Waals surface area contributed by atoms with Gasteiger partial charge in [0.15, 0.2) is 0 Å². The third kappa shape index (κ3) is 2.53. The normalized spacial score (nSPS) is 9.69. The molecule has 2 rings (SSSR count). The van der Waals surface area contributed by atoms with Crippen LogP contribution in [0.2, 0.25) is 0 Å². The quantitative estimate of drug-likeness (QED) is 0.858. The number of aromatic hydroxyl groups is 1. The smallest absolute Gasteiger partial charge is 0.141 e. The van der Waals surface area contributed by atoms with Crippen LogP contribution in [0.5, 0.6) is 5.75 Å². The second-order valence-corrected chi connectivity index (χ2v) is 4.17. The number of rotatable bonds is 2. The van der Waals surface area contributed by atoms with Gasteiger partial charge in [0.05, 0.1) is 0 Å². The van der Waals surface area contributed by atoms with Crippen molar-refractivity contribution in [3.8, 4) is 11.8 Å². The second-order valence-electron chi connectivity index (χ2n) is 3.07. The van der Waals surface area contributed by atoms with Crippen LogP contribution >= 0.6 is 11.8 Å². The number of hydrogen-bond acceptors (Lipinski definition) is 4. The van der Waals surface area contributed by atoms with Gasteiger partial charge in [-0.15, -0.1) is 0 Å². The average Bonchev–Trinajstić information content (AvgIpc) is 2.29. The van der Waals surface area contributed by atoms with E-state index in [9.17, 15) is 5.11 Å². The topological polar surface area (TPSA) is 56.9 Å². The summed E-state index contributed by atoms with van der Waals surface area (Å²) in [5, 5.41) is 18.8. The highest BCUT2D eigenvalue weighted by atomic mass is 32.2. The fourth-order valence-electron chi connectivity index (χ4n) is 1.20. The summed E-state index contributed by atoms with van der Waals surface area (Å²) in [6, 6.07) is 14.2. The zero-order chi connectivity index (χ0) is 11.4. The Morgan fingerprint density at radius 3 is 2.75 bits per heavy atom. The van der Waals surface area contributed by atoms with Crippen LogP contribution in [0, 0.1) is 11.3 Å². The van der Waals surface area contributed by atoms with E-state index in [1.165, 1.54) is 11.8 Å². The maximum atomic E-state index is 9.31. The van der Waals surface area contributed by atoms with Crippen molar-refractivity contribution in [3.63, 3.8) is 0 Å². The zero-order valence-electron chi connectivity index (χ0n) is 8.29. The maximum Gasteiger partial charge on any atom is 0.141 e. The number of phenols is 1. The number of phenolic OH excluding ortho intramolecular Hbond substituents is 1. The summed E-state index contributed by atoms with van der Waals surface area (Å²) >= 11 is 1.41.